The van der Waals surface area contributed by atoms with Crippen LogP contribution in [0.15, 0.2) is 65.6 Å². The van der Waals surface area contributed by atoms with Crippen LogP contribution in [0.2, 0.25) is 5.02 Å². The molecule has 0 fully saturated rings. The van der Waals surface area contributed by atoms with E-state index in [0.29, 0.717) is 11.1 Å². The second-order valence-corrected chi connectivity index (χ2v) is 7.60. The van der Waals surface area contributed by atoms with Crippen molar-refractivity contribution in [1.82, 2.24) is 0 Å². The second kappa shape index (κ2) is 7.72. The van der Waals surface area contributed by atoms with Crippen molar-refractivity contribution >= 4 is 21.7 Å². The molecule has 140 valence electrons. The molecule has 0 N–H and O–H groups in total. The van der Waals surface area contributed by atoms with Crippen molar-refractivity contribution in [2.45, 2.75) is 11.5 Å². The Hall–Kier alpha value is -2.35. The smallest absolute Gasteiger partial charge is 0.261 e. The summed E-state index contributed by atoms with van der Waals surface area (Å²) in [6.07, 6.45) is 0. The van der Waals surface area contributed by atoms with E-state index >= 15 is 0 Å². The average molecular weight is 413 g/mol. The summed E-state index contributed by atoms with van der Waals surface area (Å²) in [4.78, 5) is -0.224. The van der Waals surface area contributed by atoms with Crippen LogP contribution in [0.1, 0.15) is 5.56 Å². The molecule has 0 amide bonds. The van der Waals surface area contributed by atoms with Crippen LogP contribution in [0.3, 0.4) is 0 Å². The van der Waals surface area contributed by atoms with Crippen LogP contribution in [0, 0.1) is 17.5 Å². The Morgan fingerprint density at radius 3 is 2.15 bits per heavy atom. The van der Waals surface area contributed by atoms with E-state index in [1.165, 1.54) is 36.4 Å². The number of hydrogen-bond donors (Lipinski definition) is 0. The summed E-state index contributed by atoms with van der Waals surface area (Å²) in [5, 5.41) is 0.317. The van der Waals surface area contributed by atoms with Crippen LogP contribution < -0.4 is 0 Å². The van der Waals surface area contributed by atoms with Gasteiger partial charge in [-0.3, -0.25) is 4.18 Å². The van der Waals surface area contributed by atoms with Gasteiger partial charge < -0.3 is 0 Å². The second-order valence-electron chi connectivity index (χ2n) is 5.54. The summed E-state index contributed by atoms with van der Waals surface area (Å²) in [6.45, 7) is -0.928. The van der Waals surface area contributed by atoms with Gasteiger partial charge in [-0.25, -0.2) is 13.2 Å². The highest BCUT2D eigenvalue weighted by atomic mass is 35.5. The maximum absolute atomic E-state index is 14.7. The van der Waals surface area contributed by atoms with Gasteiger partial charge in [0.1, 0.15) is 17.5 Å². The Balaban J connectivity index is 1.94. The first-order valence-electron chi connectivity index (χ1n) is 7.66. The summed E-state index contributed by atoms with van der Waals surface area (Å²) in [5.74, 6) is -3.55. The van der Waals surface area contributed by atoms with E-state index in [4.69, 9.17) is 15.8 Å². The number of benzene rings is 3. The predicted octanol–water partition coefficient (Wildman–Crippen LogP) is 5.33. The molecule has 0 aliphatic heterocycles. The van der Waals surface area contributed by atoms with Crippen molar-refractivity contribution in [1.29, 1.82) is 0 Å². The molecular formula is C19H12ClF3O3S. The molecule has 0 saturated carbocycles. The number of hydrogen-bond acceptors (Lipinski definition) is 3. The van der Waals surface area contributed by atoms with Crippen LogP contribution in [0.5, 0.6) is 0 Å². The summed E-state index contributed by atoms with van der Waals surface area (Å²) >= 11 is 5.70. The summed E-state index contributed by atoms with van der Waals surface area (Å²) in [6, 6.07) is 13.3. The lowest BCUT2D eigenvalue weighted by molar-refractivity contribution is 0.295. The molecule has 0 atom stereocenters. The van der Waals surface area contributed by atoms with Crippen molar-refractivity contribution in [2.24, 2.45) is 0 Å². The van der Waals surface area contributed by atoms with Gasteiger partial charge in [-0.15, -0.1) is 0 Å². The van der Waals surface area contributed by atoms with Gasteiger partial charge in [0.2, 0.25) is 0 Å². The third-order valence-corrected chi connectivity index (χ3v) is 5.32. The molecule has 0 aromatic heterocycles. The van der Waals surface area contributed by atoms with E-state index in [-0.39, 0.29) is 10.5 Å². The SMILES string of the molecule is O=S(=O)(OCc1c(F)cc(F)c(-c2ccccc2)c1F)c1ccc(Cl)cc1. The third-order valence-electron chi connectivity index (χ3n) is 3.79. The number of rotatable bonds is 5. The molecule has 0 radical (unpaired) electrons. The highest BCUT2D eigenvalue weighted by Crippen LogP contribution is 2.30. The van der Waals surface area contributed by atoms with Gasteiger partial charge in [0.25, 0.3) is 10.1 Å². The minimum absolute atomic E-state index is 0.189. The monoisotopic (exact) mass is 412 g/mol. The Morgan fingerprint density at radius 2 is 1.52 bits per heavy atom. The van der Waals surface area contributed by atoms with Crippen LogP contribution in [0.25, 0.3) is 11.1 Å². The lowest BCUT2D eigenvalue weighted by atomic mass is 10.0. The van der Waals surface area contributed by atoms with E-state index in [1.54, 1.807) is 18.2 Å². The van der Waals surface area contributed by atoms with Gasteiger partial charge in [-0.2, -0.15) is 8.42 Å². The molecule has 0 saturated heterocycles. The van der Waals surface area contributed by atoms with E-state index in [1.807, 2.05) is 0 Å². The topological polar surface area (TPSA) is 43.4 Å². The first-order valence-corrected chi connectivity index (χ1v) is 9.45. The zero-order chi connectivity index (χ0) is 19.6. The molecule has 27 heavy (non-hydrogen) atoms. The zero-order valence-corrected chi connectivity index (χ0v) is 15.2. The van der Waals surface area contributed by atoms with Crippen LogP contribution in [-0.4, -0.2) is 8.42 Å². The summed E-state index contributed by atoms with van der Waals surface area (Å²) < 4.78 is 72.0. The summed E-state index contributed by atoms with van der Waals surface area (Å²) in [7, 11) is -4.28. The zero-order valence-electron chi connectivity index (χ0n) is 13.6. The molecule has 3 aromatic carbocycles. The van der Waals surface area contributed by atoms with Gasteiger partial charge in [0.15, 0.2) is 0 Å². The fourth-order valence-electron chi connectivity index (χ4n) is 2.44. The molecule has 3 nitrogen and oxygen atoms in total. The molecule has 0 bridgehead atoms. The predicted molar refractivity (Wildman–Crippen MR) is 95.2 cm³/mol. The standard InChI is InChI=1S/C19H12ClF3O3S/c20-13-6-8-14(9-7-13)27(24,25)26-11-15-16(21)10-17(22)18(19(15)23)12-4-2-1-3-5-12/h1-10H,11H2. The van der Waals surface area contributed by atoms with Gasteiger partial charge in [-0.05, 0) is 29.8 Å². The van der Waals surface area contributed by atoms with Gasteiger partial charge in [0, 0.05) is 11.1 Å². The van der Waals surface area contributed by atoms with Crippen molar-refractivity contribution in [2.75, 3.05) is 0 Å². The molecule has 0 spiro atoms. The maximum Gasteiger partial charge on any atom is 0.297 e. The van der Waals surface area contributed by atoms with Crippen molar-refractivity contribution in [3.05, 3.63) is 88.7 Å². The van der Waals surface area contributed by atoms with Crippen molar-refractivity contribution in [3.63, 3.8) is 0 Å². The third kappa shape index (κ3) is 4.16. The van der Waals surface area contributed by atoms with Crippen molar-refractivity contribution in [3.8, 4) is 11.1 Å². The minimum atomic E-state index is -4.28. The van der Waals surface area contributed by atoms with E-state index in [9.17, 15) is 21.6 Å². The molecule has 0 aliphatic rings. The Bertz CT molecular complexity index is 1070. The highest BCUT2D eigenvalue weighted by molar-refractivity contribution is 7.86. The molecular weight excluding hydrogens is 401 g/mol. The Kier molecular flexibility index (Phi) is 5.55. The first-order chi connectivity index (χ1) is 12.8. The molecule has 0 unspecified atom stereocenters. The lowest BCUT2D eigenvalue weighted by Gasteiger charge is -2.12. The van der Waals surface area contributed by atoms with E-state index < -0.39 is 45.3 Å². The molecule has 0 aliphatic carbocycles. The molecule has 8 heteroatoms. The molecule has 0 heterocycles. The lowest BCUT2D eigenvalue weighted by Crippen LogP contribution is -2.10. The van der Waals surface area contributed by atoms with Crippen molar-refractivity contribution < 1.29 is 25.8 Å². The maximum atomic E-state index is 14.7. The minimum Gasteiger partial charge on any atom is -0.261 e. The average Bonchev–Trinajstić information content (AvgIpc) is 2.62. The highest BCUT2D eigenvalue weighted by Gasteiger charge is 2.23. The van der Waals surface area contributed by atoms with Crippen LogP contribution in [-0.2, 0) is 20.9 Å². The quantitative estimate of drug-likeness (QED) is 0.532. The van der Waals surface area contributed by atoms with Gasteiger partial charge in [0.05, 0.1) is 22.6 Å². The largest absolute Gasteiger partial charge is 0.297 e. The number of halogens is 4. The van der Waals surface area contributed by atoms with Crippen LogP contribution in [0.4, 0.5) is 13.2 Å². The normalized spacial score (nSPS) is 11.6. The van der Waals surface area contributed by atoms with E-state index in [2.05, 4.69) is 0 Å². The van der Waals surface area contributed by atoms with Gasteiger partial charge >= 0.3 is 0 Å². The Labute approximate surface area is 159 Å². The molecule has 3 aromatic rings. The fraction of sp³-hybridized carbons (Fsp3) is 0.0526. The van der Waals surface area contributed by atoms with E-state index in [0.717, 1.165) is 0 Å². The van der Waals surface area contributed by atoms with Gasteiger partial charge in [-0.1, -0.05) is 41.9 Å². The first kappa shape index (κ1) is 19.4. The summed E-state index contributed by atoms with van der Waals surface area (Å²) in [5.41, 5.74) is -0.957. The fourth-order valence-corrected chi connectivity index (χ4v) is 3.44. The van der Waals surface area contributed by atoms with Crippen LogP contribution >= 0.6 is 11.6 Å². The Morgan fingerprint density at radius 1 is 0.889 bits per heavy atom. The molecule has 3 rings (SSSR count).